The first-order valence-electron chi connectivity index (χ1n) is 29.0. The minimum absolute atomic E-state index is 0.0626. The van der Waals surface area contributed by atoms with E-state index in [0.717, 1.165) is 64.2 Å². The summed E-state index contributed by atoms with van der Waals surface area (Å²) in [5, 5.41) is 20.3. The molecule has 2 aliphatic heterocycles. The third kappa shape index (κ3) is 23.5. The van der Waals surface area contributed by atoms with Gasteiger partial charge in [-0.05, 0) is 79.0 Å². The second-order valence-electron chi connectivity index (χ2n) is 19.8. The number of carbonyl (C=O) groups excluding carboxylic acids is 1. The number of hydrogen-bond donors (Lipinski definition) is 0. The van der Waals surface area contributed by atoms with E-state index in [-0.39, 0.29) is 46.0 Å². The SMILES string of the molecule is CCCCOCC(O[C@H]1OC(CN=[N+]=[N-])[C@@H](OCCCC)C(OCCCC)C1N=[N+]=[N-])[C@@H](COCCCC)OCOC1C(OCCCC)[C@H](N=[N+]=[N-])CC(N=[N+]=[N-])[C@H]1O[C@H]1OC(C=O)[C@@H](OCCCC)C(OCCCC)C1N=[N+]=[N-]. The lowest BCUT2D eigenvalue weighted by Gasteiger charge is -2.48. The van der Waals surface area contributed by atoms with Gasteiger partial charge >= 0.3 is 0 Å². The minimum atomic E-state index is -1.49. The van der Waals surface area contributed by atoms with Crippen molar-refractivity contribution < 1.29 is 66.4 Å². The molecule has 0 N–H and O–H groups in total. The van der Waals surface area contributed by atoms with Crippen LogP contribution in [0.3, 0.4) is 0 Å². The Morgan fingerprint density at radius 1 is 0.487 bits per heavy atom. The lowest BCUT2D eigenvalue weighted by Crippen LogP contribution is -2.64. The molecule has 3 rings (SSSR count). The predicted molar refractivity (Wildman–Crippen MR) is 293 cm³/mol. The van der Waals surface area contributed by atoms with Gasteiger partial charge in [0, 0.05) is 70.8 Å². The number of rotatable bonds is 46. The van der Waals surface area contributed by atoms with Gasteiger partial charge in [0.15, 0.2) is 18.9 Å². The van der Waals surface area contributed by atoms with Gasteiger partial charge in [-0.25, -0.2) is 0 Å². The lowest BCUT2D eigenvalue weighted by atomic mass is 9.84. The van der Waals surface area contributed by atoms with Crippen LogP contribution in [-0.2, 0) is 66.4 Å². The highest BCUT2D eigenvalue weighted by molar-refractivity contribution is 5.58. The third-order valence-corrected chi connectivity index (χ3v) is 13.7. The molecule has 29 nitrogen and oxygen atoms in total. The van der Waals surface area contributed by atoms with Crippen LogP contribution < -0.4 is 0 Å². The maximum atomic E-state index is 12.9. The fourth-order valence-corrected chi connectivity index (χ4v) is 9.28. The van der Waals surface area contributed by atoms with Gasteiger partial charge in [0.25, 0.3) is 0 Å². The zero-order valence-corrected chi connectivity index (χ0v) is 48.2. The van der Waals surface area contributed by atoms with Crippen LogP contribution in [0.15, 0.2) is 25.6 Å². The average Bonchev–Trinajstić information content (AvgIpc) is 3.59. The van der Waals surface area contributed by atoms with Crippen LogP contribution >= 0.6 is 0 Å². The van der Waals surface area contributed by atoms with Crippen molar-refractivity contribution in [3.63, 3.8) is 0 Å². The van der Waals surface area contributed by atoms with Crippen LogP contribution in [0.25, 0.3) is 52.2 Å². The molecular formula is C51H91N15O14. The largest absolute Gasteiger partial charge is 0.379 e. The highest BCUT2D eigenvalue weighted by Gasteiger charge is 2.54. The molecule has 0 amide bonds. The topological polar surface area (TPSA) is 381 Å². The number of aldehydes is 1. The Balaban J connectivity index is 2.20. The van der Waals surface area contributed by atoms with Crippen molar-refractivity contribution in [3.8, 4) is 0 Å². The molecule has 2 saturated heterocycles. The van der Waals surface area contributed by atoms with Gasteiger partial charge in [0.2, 0.25) is 0 Å². The molecule has 29 heteroatoms. The van der Waals surface area contributed by atoms with Crippen molar-refractivity contribution >= 4 is 6.29 Å². The Bertz CT molecular complexity index is 1930. The summed E-state index contributed by atoms with van der Waals surface area (Å²) in [4.78, 5) is 28.5. The first kappa shape index (κ1) is 70.0. The fraction of sp³-hybridized carbons (Fsp3) is 0.980. The van der Waals surface area contributed by atoms with E-state index in [1.807, 2.05) is 48.5 Å². The zero-order valence-electron chi connectivity index (χ0n) is 48.2. The summed E-state index contributed by atoms with van der Waals surface area (Å²) in [6, 6.07) is -4.42. The van der Waals surface area contributed by atoms with Crippen LogP contribution in [-0.4, -0.2) is 183 Å². The van der Waals surface area contributed by atoms with E-state index >= 15 is 0 Å². The second-order valence-corrected chi connectivity index (χ2v) is 19.8. The molecule has 1 aliphatic carbocycles. The number of azide groups is 5. The van der Waals surface area contributed by atoms with Gasteiger partial charge in [-0.15, -0.1) is 0 Å². The molecule has 0 bridgehead atoms. The van der Waals surface area contributed by atoms with Gasteiger partial charge in [-0.1, -0.05) is 119 Å². The number of carbonyl (C=O) groups is 1. The van der Waals surface area contributed by atoms with Crippen molar-refractivity contribution in [1.29, 1.82) is 0 Å². The van der Waals surface area contributed by atoms with E-state index in [2.05, 4.69) is 50.1 Å². The van der Waals surface area contributed by atoms with Crippen molar-refractivity contribution in [2.45, 2.75) is 249 Å². The van der Waals surface area contributed by atoms with Crippen LogP contribution in [0.5, 0.6) is 0 Å². The third-order valence-electron chi connectivity index (χ3n) is 13.7. The monoisotopic (exact) mass is 1140 g/mol. The molecule has 0 spiro atoms. The summed E-state index contributed by atoms with van der Waals surface area (Å²) in [5.74, 6) is 0. The van der Waals surface area contributed by atoms with E-state index in [0.29, 0.717) is 58.4 Å². The minimum Gasteiger partial charge on any atom is -0.379 e. The normalized spacial score (nSPS) is 29.2. The molecule has 1 saturated carbocycles. The van der Waals surface area contributed by atoms with Crippen molar-refractivity contribution in [1.82, 2.24) is 0 Å². The summed E-state index contributed by atoms with van der Waals surface area (Å²) < 4.78 is 84.2. The van der Waals surface area contributed by atoms with E-state index in [1.54, 1.807) is 0 Å². The Labute approximate surface area is 470 Å². The quantitative estimate of drug-likeness (QED) is 0.0137. The van der Waals surface area contributed by atoms with Crippen LogP contribution in [0.4, 0.5) is 0 Å². The maximum absolute atomic E-state index is 12.9. The number of unbranched alkanes of at least 4 members (excludes halogenated alkanes) is 7. The summed E-state index contributed by atoms with van der Waals surface area (Å²) >= 11 is 0. The first-order chi connectivity index (χ1) is 39.2. The molecule has 0 aromatic carbocycles. The van der Waals surface area contributed by atoms with Gasteiger partial charge in [0.05, 0.1) is 56.3 Å². The standard InChI is InChI=1S/C51H91N15O14/c1-8-15-22-68-32-39(40(33-69-23-16-9-2)79-50-41(60-65-55)47(73-27-20-13-6)45(71-25-18-11-4)37(77-50)30-57-62-52)75-34-76-49-43(70-24-17-10-3)35(58-63-53)29-36(59-64-54)44(49)80-51-42(61-66-56)48(74-28-21-14-7)46(38(31-67)78-51)72-26-19-12-5/h31,35-51H,8-30,32-34H2,1-7H3/t35-,36?,37?,38?,39-,40?,41?,42?,43?,44-,45-,46-,47?,48?,49?,50-,51-/m1/s1. The van der Waals surface area contributed by atoms with Gasteiger partial charge in [-0.2, -0.15) is 0 Å². The van der Waals surface area contributed by atoms with Gasteiger partial charge in [0.1, 0.15) is 61.6 Å². The maximum Gasteiger partial charge on any atom is 0.170 e. The van der Waals surface area contributed by atoms with Gasteiger partial charge < -0.3 is 66.4 Å². The van der Waals surface area contributed by atoms with Crippen LogP contribution in [0, 0.1) is 0 Å². The molecule has 17 atom stereocenters. The van der Waals surface area contributed by atoms with E-state index in [9.17, 15) is 32.5 Å². The zero-order chi connectivity index (χ0) is 58.2. The fourth-order valence-electron chi connectivity index (χ4n) is 9.28. The van der Waals surface area contributed by atoms with Crippen molar-refractivity contribution in [2.24, 2.45) is 25.6 Å². The van der Waals surface area contributed by atoms with Gasteiger partial charge in [-0.3, -0.25) is 0 Å². The molecule has 0 radical (unpaired) electrons. The predicted octanol–water partition coefficient (Wildman–Crippen LogP) is 11.1. The number of ether oxygens (including phenoxy) is 13. The molecule has 454 valence electrons. The molecule has 0 aromatic heterocycles. The lowest BCUT2D eigenvalue weighted by molar-refractivity contribution is -0.310. The van der Waals surface area contributed by atoms with Crippen molar-refractivity contribution in [3.05, 3.63) is 52.2 Å². The van der Waals surface area contributed by atoms with Crippen LogP contribution in [0.1, 0.15) is 145 Å². The van der Waals surface area contributed by atoms with E-state index in [4.69, 9.17) is 61.6 Å². The summed E-state index contributed by atoms with van der Waals surface area (Å²) in [7, 11) is 0. The van der Waals surface area contributed by atoms with E-state index in [1.165, 1.54) is 0 Å². The molecular weight excluding hydrogens is 1050 g/mol. The Morgan fingerprint density at radius 3 is 1.44 bits per heavy atom. The van der Waals surface area contributed by atoms with E-state index < -0.39 is 111 Å². The summed E-state index contributed by atoms with van der Waals surface area (Å²) in [6.07, 6.45) is -3.20. The Hall–Kier alpha value is -4.30. The Morgan fingerprint density at radius 2 is 0.938 bits per heavy atom. The van der Waals surface area contributed by atoms with Crippen molar-refractivity contribution in [2.75, 3.05) is 72.8 Å². The smallest absolute Gasteiger partial charge is 0.170 e. The molecule has 80 heavy (non-hydrogen) atoms. The number of hydrogen-bond acceptors (Lipinski definition) is 19. The average molecular weight is 1140 g/mol. The molecule has 10 unspecified atom stereocenters. The highest BCUT2D eigenvalue weighted by Crippen LogP contribution is 2.37. The molecule has 2 heterocycles. The van der Waals surface area contributed by atoms with Crippen LogP contribution in [0.2, 0.25) is 0 Å². The Kier molecular flexibility index (Phi) is 37.9. The number of nitrogens with zero attached hydrogens (tertiary/aromatic N) is 15. The molecule has 3 aliphatic rings. The molecule has 0 aromatic rings. The summed E-state index contributed by atoms with van der Waals surface area (Å²) in [5.41, 5.74) is 49.4. The molecule has 3 fully saturated rings. The second kappa shape index (κ2) is 43.4. The first-order valence-corrected chi connectivity index (χ1v) is 29.0. The highest BCUT2D eigenvalue weighted by atomic mass is 16.7. The summed E-state index contributed by atoms with van der Waals surface area (Å²) in [6.45, 7) is 15.3.